The second-order valence-electron chi connectivity index (χ2n) is 4.03. The second kappa shape index (κ2) is 3.35. The van der Waals surface area contributed by atoms with Gasteiger partial charge in [-0.15, -0.1) is 0 Å². The van der Waals surface area contributed by atoms with E-state index in [9.17, 15) is 5.11 Å². The summed E-state index contributed by atoms with van der Waals surface area (Å²) < 4.78 is 5.71. The molecule has 0 fully saturated rings. The van der Waals surface area contributed by atoms with Gasteiger partial charge in [0.05, 0.1) is 6.10 Å². The highest BCUT2D eigenvalue weighted by Crippen LogP contribution is 2.30. The van der Waals surface area contributed by atoms with E-state index < -0.39 is 6.10 Å². The fourth-order valence-corrected chi connectivity index (χ4v) is 2.00. The highest BCUT2D eigenvalue weighted by Gasteiger charge is 2.08. The SMILES string of the molecule is C[C@H](O)c1ccc2oc3ccccc3c2c1. The van der Waals surface area contributed by atoms with Gasteiger partial charge in [-0.2, -0.15) is 0 Å². The summed E-state index contributed by atoms with van der Waals surface area (Å²) in [6, 6.07) is 13.7. The van der Waals surface area contributed by atoms with Crippen molar-refractivity contribution in [2.75, 3.05) is 0 Å². The van der Waals surface area contributed by atoms with Gasteiger partial charge in [0.1, 0.15) is 11.2 Å². The number of fused-ring (bicyclic) bond motifs is 3. The Morgan fingerprint density at radius 1 is 1.00 bits per heavy atom. The molecular formula is C14H12O2. The summed E-state index contributed by atoms with van der Waals surface area (Å²) in [4.78, 5) is 0. The minimum atomic E-state index is -0.446. The monoisotopic (exact) mass is 212 g/mol. The van der Waals surface area contributed by atoms with Crippen LogP contribution in [-0.2, 0) is 0 Å². The van der Waals surface area contributed by atoms with Gasteiger partial charge in [0, 0.05) is 10.8 Å². The Hall–Kier alpha value is -1.80. The van der Waals surface area contributed by atoms with Crippen molar-refractivity contribution in [3.63, 3.8) is 0 Å². The quantitative estimate of drug-likeness (QED) is 0.668. The lowest BCUT2D eigenvalue weighted by Crippen LogP contribution is -1.89. The van der Waals surface area contributed by atoms with Gasteiger partial charge in [-0.25, -0.2) is 0 Å². The summed E-state index contributed by atoms with van der Waals surface area (Å²) in [5, 5.41) is 11.7. The number of aliphatic hydroxyl groups is 1. The van der Waals surface area contributed by atoms with E-state index in [0.717, 1.165) is 27.5 Å². The molecule has 0 saturated carbocycles. The zero-order valence-corrected chi connectivity index (χ0v) is 8.97. The molecule has 1 N–H and O–H groups in total. The van der Waals surface area contributed by atoms with E-state index in [0.29, 0.717) is 0 Å². The maximum absolute atomic E-state index is 9.56. The van der Waals surface area contributed by atoms with Crippen molar-refractivity contribution in [3.8, 4) is 0 Å². The third-order valence-corrected chi connectivity index (χ3v) is 2.88. The summed E-state index contributed by atoms with van der Waals surface area (Å²) in [5.41, 5.74) is 2.67. The molecule has 3 rings (SSSR count). The molecule has 1 aromatic heterocycles. The molecule has 0 amide bonds. The fraction of sp³-hybridized carbons (Fsp3) is 0.143. The van der Waals surface area contributed by atoms with E-state index in [2.05, 4.69) is 0 Å². The lowest BCUT2D eigenvalue weighted by Gasteiger charge is -2.03. The number of hydrogen-bond acceptors (Lipinski definition) is 2. The molecule has 0 aliphatic heterocycles. The molecule has 3 aromatic rings. The van der Waals surface area contributed by atoms with Crippen LogP contribution in [0.15, 0.2) is 46.9 Å². The standard InChI is InChI=1S/C14H12O2/c1-9(15)10-6-7-14-12(8-10)11-4-2-3-5-13(11)16-14/h2-9,15H,1H3/t9-/m0/s1. The van der Waals surface area contributed by atoms with Crippen molar-refractivity contribution in [1.29, 1.82) is 0 Å². The highest BCUT2D eigenvalue weighted by atomic mass is 16.3. The highest BCUT2D eigenvalue weighted by molar-refractivity contribution is 6.04. The normalized spacial score (nSPS) is 13.4. The number of furan rings is 1. The number of rotatable bonds is 1. The van der Waals surface area contributed by atoms with Gasteiger partial charge in [-0.3, -0.25) is 0 Å². The van der Waals surface area contributed by atoms with Crippen LogP contribution < -0.4 is 0 Å². The molecule has 0 spiro atoms. The number of aliphatic hydroxyl groups excluding tert-OH is 1. The van der Waals surface area contributed by atoms with Gasteiger partial charge in [0.15, 0.2) is 0 Å². The molecule has 16 heavy (non-hydrogen) atoms. The van der Waals surface area contributed by atoms with Crippen molar-refractivity contribution in [3.05, 3.63) is 48.0 Å². The van der Waals surface area contributed by atoms with Gasteiger partial charge in [-0.1, -0.05) is 24.3 Å². The summed E-state index contributed by atoms with van der Waals surface area (Å²) >= 11 is 0. The Kier molecular flexibility index (Phi) is 1.98. The zero-order chi connectivity index (χ0) is 11.1. The van der Waals surface area contributed by atoms with Gasteiger partial charge in [-0.05, 0) is 30.7 Å². The van der Waals surface area contributed by atoms with Gasteiger partial charge < -0.3 is 9.52 Å². The summed E-state index contributed by atoms with van der Waals surface area (Å²) in [6.45, 7) is 1.77. The lowest BCUT2D eigenvalue weighted by atomic mass is 10.1. The molecule has 0 aliphatic rings. The van der Waals surface area contributed by atoms with Crippen molar-refractivity contribution in [2.24, 2.45) is 0 Å². The Bertz CT molecular complexity index is 650. The van der Waals surface area contributed by atoms with E-state index in [1.807, 2.05) is 42.5 Å². The van der Waals surface area contributed by atoms with Crippen LogP contribution in [0.5, 0.6) is 0 Å². The van der Waals surface area contributed by atoms with Gasteiger partial charge in [0.25, 0.3) is 0 Å². The average Bonchev–Trinajstić information content (AvgIpc) is 2.66. The Morgan fingerprint density at radius 2 is 1.75 bits per heavy atom. The molecule has 0 bridgehead atoms. The number of hydrogen-bond donors (Lipinski definition) is 1. The molecule has 0 aliphatic carbocycles. The van der Waals surface area contributed by atoms with Crippen LogP contribution in [0, 0.1) is 0 Å². The zero-order valence-electron chi connectivity index (χ0n) is 8.97. The van der Waals surface area contributed by atoms with Crippen LogP contribution in [0.1, 0.15) is 18.6 Å². The molecule has 0 unspecified atom stereocenters. The maximum Gasteiger partial charge on any atom is 0.135 e. The first-order valence-electron chi connectivity index (χ1n) is 5.35. The smallest absolute Gasteiger partial charge is 0.135 e. The minimum absolute atomic E-state index is 0.446. The Labute approximate surface area is 93.1 Å². The van der Waals surface area contributed by atoms with Crippen LogP contribution in [-0.4, -0.2) is 5.11 Å². The first kappa shape index (κ1) is 9.43. The van der Waals surface area contributed by atoms with E-state index in [1.165, 1.54) is 0 Å². The molecule has 1 atom stereocenters. The predicted octanol–water partition coefficient (Wildman–Crippen LogP) is 3.64. The lowest BCUT2D eigenvalue weighted by molar-refractivity contribution is 0.199. The van der Waals surface area contributed by atoms with E-state index >= 15 is 0 Å². The van der Waals surface area contributed by atoms with E-state index in [4.69, 9.17) is 4.42 Å². The fourth-order valence-electron chi connectivity index (χ4n) is 2.00. The van der Waals surface area contributed by atoms with Gasteiger partial charge >= 0.3 is 0 Å². The predicted molar refractivity (Wildman–Crippen MR) is 64.4 cm³/mol. The second-order valence-corrected chi connectivity index (χ2v) is 4.03. The Morgan fingerprint density at radius 3 is 2.56 bits per heavy atom. The minimum Gasteiger partial charge on any atom is -0.456 e. The summed E-state index contributed by atoms with van der Waals surface area (Å²) in [7, 11) is 0. The average molecular weight is 212 g/mol. The van der Waals surface area contributed by atoms with Crippen LogP contribution >= 0.6 is 0 Å². The van der Waals surface area contributed by atoms with Crippen LogP contribution in [0.2, 0.25) is 0 Å². The molecule has 80 valence electrons. The Balaban J connectivity index is 2.40. The third-order valence-electron chi connectivity index (χ3n) is 2.88. The summed E-state index contributed by atoms with van der Waals surface area (Å²) in [6.07, 6.45) is -0.446. The molecule has 2 nitrogen and oxygen atoms in total. The molecule has 0 radical (unpaired) electrons. The van der Waals surface area contributed by atoms with Crippen LogP contribution in [0.25, 0.3) is 21.9 Å². The van der Waals surface area contributed by atoms with Crippen LogP contribution in [0.3, 0.4) is 0 Å². The first-order valence-corrected chi connectivity index (χ1v) is 5.35. The maximum atomic E-state index is 9.56. The molecule has 2 aromatic carbocycles. The van der Waals surface area contributed by atoms with Gasteiger partial charge in [0.2, 0.25) is 0 Å². The van der Waals surface area contributed by atoms with Crippen molar-refractivity contribution >= 4 is 21.9 Å². The van der Waals surface area contributed by atoms with E-state index in [1.54, 1.807) is 6.92 Å². The van der Waals surface area contributed by atoms with Crippen molar-refractivity contribution in [1.82, 2.24) is 0 Å². The van der Waals surface area contributed by atoms with Crippen LogP contribution in [0.4, 0.5) is 0 Å². The largest absolute Gasteiger partial charge is 0.456 e. The van der Waals surface area contributed by atoms with Crippen molar-refractivity contribution < 1.29 is 9.52 Å². The molecular weight excluding hydrogens is 200 g/mol. The third kappa shape index (κ3) is 1.31. The molecule has 2 heteroatoms. The van der Waals surface area contributed by atoms with Crippen molar-refractivity contribution in [2.45, 2.75) is 13.0 Å². The number of benzene rings is 2. The molecule has 1 heterocycles. The summed E-state index contributed by atoms with van der Waals surface area (Å²) in [5.74, 6) is 0. The topological polar surface area (TPSA) is 33.4 Å². The van der Waals surface area contributed by atoms with E-state index in [-0.39, 0.29) is 0 Å². The number of para-hydroxylation sites is 1. The first-order chi connectivity index (χ1) is 7.75. The molecule has 0 saturated heterocycles.